The minimum Gasteiger partial charge on any atom is -0.394 e. The van der Waals surface area contributed by atoms with E-state index < -0.39 is 5.54 Å². The lowest BCUT2D eigenvalue weighted by Gasteiger charge is -2.26. The van der Waals surface area contributed by atoms with Crippen LogP contribution in [0.25, 0.3) is 28.0 Å². The van der Waals surface area contributed by atoms with Gasteiger partial charge in [-0.15, -0.1) is 0 Å². The van der Waals surface area contributed by atoms with Crippen LogP contribution in [-0.2, 0) is 0 Å². The van der Waals surface area contributed by atoms with Crippen LogP contribution in [0.3, 0.4) is 0 Å². The van der Waals surface area contributed by atoms with Crippen molar-refractivity contribution in [3.8, 4) is 16.9 Å². The fourth-order valence-corrected chi connectivity index (χ4v) is 3.74. The molecule has 2 aromatic heterocycles. The van der Waals surface area contributed by atoms with Gasteiger partial charge in [0.05, 0.1) is 35.2 Å². The van der Waals surface area contributed by atoms with Crippen molar-refractivity contribution in [3.05, 3.63) is 81.1 Å². The van der Waals surface area contributed by atoms with Gasteiger partial charge in [-0.05, 0) is 31.2 Å². The topological polar surface area (TPSA) is 100 Å². The number of hydrogen-bond acceptors (Lipinski definition) is 6. The molecule has 0 radical (unpaired) electrons. The van der Waals surface area contributed by atoms with Gasteiger partial charge >= 0.3 is 0 Å². The van der Waals surface area contributed by atoms with E-state index in [0.717, 1.165) is 0 Å². The Kier molecular flexibility index (Phi) is 6.17. The number of benzene rings is 2. The number of rotatable bonds is 6. The number of hydrogen-bond donors (Lipinski definition) is 3. The quantitative estimate of drug-likeness (QED) is 0.394. The summed E-state index contributed by atoms with van der Waals surface area (Å²) >= 11 is 12.9. The Morgan fingerprint density at radius 1 is 0.938 bits per heavy atom. The van der Waals surface area contributed by atoms with Gasteiger partial charge in [0.15, 0.2) is 5.65 Å². The van der Waals surface area contributed by atoms with Crippen molar-refractivity contribution >= 4 is 40.2 Å². The van der Waals surface area contributed by atoms with Gasteiger partial charge in [-0.1, -0.05) is 53.5 Å². The molecule has 0 atom stereocenters. The molecule has 9 heteroatoms. The Hall–Kier alpha value is -2.97. The summed E-state index contributed by atoms with van der Waals surface area (Å²) in [5.41, 5.74) is 0.483. The number of pyridine rings is 1. The molecule has 0 fully saturated rings. The Labute approximate surface area is 193 Å². The van der Waals surface area contributed by atoms with Crippen molar-refractivity contribution in [1.82, 2.24) is 14.5 Å². The summed E-state index contributed by atoms with van der Waals surface area (Å²) in [6.07, 6.45) is 0. The number of para-hydroxylation sites is 1. The molecule has 0 saturated carbocycles. The zero-order valence-electron chi connectivity index (χ0n) is 17.1. The molecule has 0 aliphatic heterocycles. The molecule has 7 nitrogen and oxygen atoms in total. The summed E-state index contributed by atoms with van der Waals surface area (Å²) in [6.45, 7) is 0.902. The second kappa shape index (κ2) is 8.88. The third-order valence-electron chi connectivity index (χ3n) is 5.08. The standard InChI is InChI=1S/C23H20Cl2N4O3/c1-23(12-30,13-31)28-22-26-20(14-6-2-3-7-16(14)24)15-10-11-19(32)29(21(15)27-22)18-9-5-4-8-17(18)25/h2-11,30-31H,12-13H2,1H3,(H,26,27,28). The average Bonchev–Trinajstić information content (AvgIpc) is 2.79. The van der Waals surface area contributed by atoms with Gasteiger partial charge in [-0.25, -0.2) is 4.98 Å². The highest BCUT2D eigenvalue weighted by atomic mass is 35.5. The SMILES string of the molecule is CC(CO)(CO)Nc1nc(-c2ccccc2Cl)c2ccc(=O)n(-c3ccccc3Cl)c2n1. The van der Waals surface area contributed by atoms with E-state index >= 15 is 0 Å². The van der Waals surface area contributed by atoms with Crippen LogP contribution in [0.2, 0.25) is 10.0 Å². The van der Waals surface area contributed by atoms with Gasteiger partial charge in [0.2, 0.25) is 5.95 Å². The molecule has 4 rings (SSSR count). The average molecular weight is 471 g/mol. The van der Waals surface area contributed by atoms with Crippen LogP contribution in [0.4, 0.5) is 5.95 Å². The molecule has 0 saturated heterocycles. The monoisotopic (exact) mass is 470 g/mol. The summed E-state index contributed by atoms with van der Waals surface area (Å²) in [6, 6.07) is 17.2. The lowest BCUT2D eigenvalue weighted by Crippen LogP contribution is -2.43. The molecule has 4 aromatic rings. The smallest absolute Gasteiger partial charge is 0.256 e. The van der Waals surface area contributed by atoms with Crippen LogP contribution in [-0.4, -0.2) is 43.5 Å². The van der Waals surface area contributed by atoms with Crippen molar-refractivity contribution < 1.29 is 10.2 Å². The maximum Gasteiger partial charge on any atom is 0.256 e. The van der Waals surface area contributed by atoms with E-state index in [-0.39, 0.29) is 24.7 Å². The van der Waals surface area contributed by atoms with E-state index in [4.69, 9.17) is 23.2 Å². The van der Waals surface area contributed by atoms with Crippen LogP contribution in [0, 0.1) is 0 Å². The van der Waals surface area contributed by atoms with Gasteiger partial charge < -0.3 is 15.5 Å². The fourth-order valence-electron chi connectivity index (χ4n) is 3.29. The van der Waals surface area contributed by atoms with Crippen LogP contribution >= 0.6 is 23.2 Å². The Morgan fingerprint density at radius 3 is 2.25 bits per heavy atom. The fraction of sp³-hybridized carbons (Fsp3) is 0.174. The molecular formula is C23H20Cl2N4O3. The second-order valence-electron chi connectivity index (χ2n) is 7.57. The largest absolute Gasteiger partial charge is 0.394 e. The number of aromatic nitrogens is 3. The van der Waals surface area contributed by atoms with E-state index in [0.29, 0.717) is 38.0 Å². The summed E-state index contributed by atoms with van der Waals surface area (Å²) in [5, 5.41) is 23.9. The first-order valence-electron chi connectivity index (χ1n) is 9.80. The minimum absolute atomic E-state index is 0.115. The lowest BCUT2D eigenvalue weighted by molar-refractivity contribution is 0.147. The van der Waals surface area contributed by atoms with Crippen LogP contribution in [0.5, 0.6) is 0 Å². The van der Waals surface area contributed by atoms with Crippen molar-refractivity contribution in [1.29, 1.82) is 0 Å². The van der Waals surface area contributed by atoms with Crippen molar-refractivity contribution in [3.63, 3.8) is 0 Å². The van der Waals surface area contributed by atoms with E-state index in [1.165, 1.54) is 10.6 Å². The Morgan fingerprint density at radius 2 is 1.59 bits per heavy atom. The van der Waals surface area contributed by atoms with E-state index in [1.54, 1.807) is 43.3 Å². The second-order valence-corrected chi connectivity index (χ2v) is 8.39. The number of anilines is 1. The third kappa shape index (κ3) is 4.08. The summed E-state index contributed by atoms with van der Waals surface area (Å²) < 4.78 is 1.40. The van der Waals surface area contributed by atoms with Crippen molar-refractivity contribution in [2.75, 3.05) is 18.5 Å². The maximum atomic E-state index is 12.9. The zero-order valence-corrected chi connectivity index (χ0v) is 18.6. The first-order chi connectivity index (χ1) is 15.4. The highest BCUT2D eigenvalue weighted by Crippen LogP contribution is 2.33. The van der Waals surface area contributed by atoms with Crippen LogP contribution in [0.1, 0.15) is 6.92 Å². The molecule has 0 aliphatic rings. The first-order valence-corrected chi connectivity index (χ1v) is 10.6. The molecule has 32 heavy (non-hydrogen) atoms. The highest BCUT2D eigenvalue weighted by molar-refractivity contribution is 6.33. The predicted octanol–water partition coefficient (Wildman–Crippen LogP) is 3.91. The van der Waals surface area contributed by atoms with Gasteiger partial charge in [-0.2, -0.15) is 4.98 Å². The number of nitrogens with zero attached hydrogens (tertiary/aromatic N) is 3. The normalized spacial score (nSPS) is 11.7. The van der Waals surface area contributed by atoms with E-state index in [9.17, 15) is 15.0 Å². The van der Waals surface area contributed by atoms with Crippen LogP contribution < -0.4 is 10.9 Å². The molecule has 0 bridgehead atoms. The molecule has 2 aromatic carbocycles. The number of aliphatic hydroxyl groups excluding tert-OH is 2. The molecule has 3 N–H and O–H groups in total. The zero-order chi connectivity index (χ0) is 22.9. The van der Waals surface area contributed by atoms with Crippen molar-refractivity contribution in [2.24, 2.45) is 0 Å². The number of fused-ring (bicyclic) bond motifs is 1. The molecule has 0 spiro atoms. The lowest BCUT2D eigenvalue weighted by atomic mass is 10.1. The molecule has 0 unspecified atom stereocenters. The Bertz CT molecular complexity index is 1350. The molecule has 2 heterocycles. The van der Waals surface area contributed by atoms with Gasteiger partial charge in [0.1, 0.15) is 0 Å². The van der Waals surface area contributed by atoms with Gasteiger partial charge in [0, 0.05) is 22.0 Å². The van der Waals surface area contributed by atoms with Crippen molar-refractivity contribution in [2.45, 2.75) is 12.5 Å². The third-order valence-corrected chi connectivity index (χ3v) is 5.73. The summed E-state index contributed by atoms with van der Waals surface area (Å²) in [4.78, 5) is 22.1. The summed E-state index contributed by atoms with van der Waals surface area (Å²) in [7, 11) is 0. The number of aliphatic hydroxyl groups is 2. The summed E-state index contributed by atoms with van der Waals surface area (Å²) in [5.74, 6) is 0.115. The number of nitrogens with one attached hydrogen (secondary N) is 1. The highest BCUT2D eigenvalue weighted by Gasteiger charge is 2.25. The van der Waals surface area contributed by atoms with Gasteiger partial charge in [0.25, 0.3) is 5.56 Å². The van der Waals surface area contributed by atoms with Gasteiger partial charge in [-0.3, -0.25) is 9.36 Å². The first kappa shape index (κ1) is 22.2. The Balaban J connectivity index is 2.09. The molecular weight excluding hydrogens is 451 g/mol. The minimum atomic E-state index is -1.09. The molecule has 0 amide bonds. The van der Waals surface area contributed by atoms with E-state index in [2.05, 4.69) is 15.3 Å². The molecule has 164 valence electrons. The predicted molar refractivity (Wildman–Crippen MR) is 127 cm³/mol. The number of halogens is 2. The maximum absolute atomic E-state index is 12.9. The van der Waals surface area contributed by atoms with Crippen LogP contribution in [0.15, 0.2) is 65.5 Å². The van der Waals surface area contributed by atoms with E-state index in [1.807, 2.05) is 18.2 Å². The molecule has 0 aliphatic carbocycles.